The monoisotopic (exact) mass is 335 g/mol. The molecule has 0 atom stereocenters. The summed E-state index contributed by atoms with van der Waals surface area (Å²) in [4.78, 5) is 22.2. The lowest BCUT2D eigenvalue weighted by atomic mass is 10.2. The number of nitrogens with one attached hydrogen (secondary N) is 1. The van der Waals surface area contributed by atoms with E-state index in [0.29, 0.717) is 11.3 Å². The second kappa shape index (κ2) is 7.58. The predicted molar refractivity (Wildman–Crippen MR) is 79.9 cm³/mol. The van der Waals surface area contributed by atoms with Crippen molar-refractivity contribution in [2.75, 3.05) is 19.5 Å². The number of nitrogens with zero attached hydrogens (tertiary/aromatic N) is 3. The van der Waals surface area contributed by atoms with Gasteiger partial charge in [-0.05, 0) is 34.1 Å². The number of aliphatic carboxylic acids is 1. The zero-order chi connectivity index (χ0) is 17.5. The van der Waals surface area contributed by atoms with Gasteiger partial charge < -0.3 is 20.3 Å². The molecule has 0 aliphatic heterocycles. The van der Waals surface area contributed by atoms with Crippen LogP contribution in [0.5, 0.6) is 11.5 Å². The Morgan fingerprint density at radius 3 is 2.83 bits per heavy atom. The third kappa shape index (κ3) is 4.19. The largest absolute Gasteiger partial charge is 0.493 e. The number of hydrogen-bond donors (Lipinski definition) is 3. The first-order valence-electron chi connectivity index (χ1n) is 6.45. The van der Waals surface area contributed by atoms with Crippen molar-refractivity contribution in [3.8, 4) is 11.5 Å². The summed E-state index contributed by atoms with van der Waals surface area (Å²) in [5, 5.41) is 19.0. The number of benzene rings is 1. The van der Waals surface area contributed by atoms with Gasteiger partial charge in [0.05, 0.1) is 13.3 Å². The molecule has 1 aromatic carbocycles. The highest BCUT2D eigenvalue weighted by atomic mass is 16.6. The Balaban J connectivity index is 2.03. The maximum absolute atomic E-state index is 11.7. The smallest absolute Gasteiger partial charge is 0.341 e. The van der Waals surface area contributed by atoms with E-state index in [-0.39, 0.29) is 17.3 Å². The molecular weight excluding hydrogens is 322 g/mol. The third-order valence-corrected chi connectivity index (χ3v) is 2.65. The van der Waals surface area contributed by atoms with Gasteiger partial charge in [-0.3, -0.25) is 4.79 Å². The lowest BCUT2D eigenvalue weighted by Crippen LogP contribution is -2.19. The SMILES string of the molecule is COc1cc(/C=N/NC(=O)c2nonc2N)ccc1OCC(=O)O. The van der Waals surface area contributed by atoms with Gasteiger partial charge in [0.25, 0.3) is 5.91 Å². The molecule has 126 valence electrons. The summed E-state index contributed by atoms with van der Waals surface area (Å²) in [5.41, 5.74) is 7.97. The number of rotatable bonds is 7. The molecule has 0 radical (unpaired) electrons. The first-order chi connectivity index (χ1) is 11.5. The van der Waals surface area contributed by atoms with Gasteiger partial charge in [0, 0.05) is 0 Å². The zero-order valence-corrected chi connectivity index (χ0v) is 12.4. The molecule has 2 rings (SSSR count). The summed E-state index contributed by atoms with van der Waals surface area (Å²) < 4.78 is 14.5. The number of carboxylic acids is 1. The highest BCUT2D eigenvalue weighted by molar-refractivity contribution is 5.96. The van der Waals surface area contributed by atoms with E-state index in [1.807, 2.05) is 0 Å². The Kier molecular flexibility index (Phi) is 5.28. The number of carboxylic acid groups (broad SMARTS) is 1. The number of hydrogen-bond acceptors (Lipinski definition) is 9. The first-order valence-corrected chi connectivity index (χ1v) is 6.45. The fourth-order valence-electron chi connectivity index (χ4n) is 1.59. The molecule has 2 aromatic rings. The number of carbonyl (C=O) groups excluding carboxylic acids is 1. The minimum atomic E-state index is -1.10. The maximum Gasteiger partial charge on any atom is 0.341 e. The summed E-state index contributed by atoms with van der Waals surface area (Å²) in [6, 6.07) is 4.67. The van der Waals surface area contributed by atoms with Crippen LogP contribution >= 0.6 is 0 Å². The van der Waals surface area contributed by atoms with Crippen molar-refractivity contribution in [3.05, 3.63) is 29.5 Å². The Morgan fingerprint density at radius 2 is 2.21 bits per heavy atom. The summed E-state index contributed by atoms with van der Waals surface area (Å²) in [6.07, 6.45) is 1.34. The predicted octanol–water partition coefficient (Wildman–Crippen LogP) is -0.112. The molecule has 0 aliphatic rings. The van der Waals surface area contributed by atoms with Crippen LogP contribution in [0.2, 0.25) is 0 Å². The van der Waals surface area contributed by atoms with Gasteiger partial charge in [0.1, 0.15) is 0 Å². The van der Waals surface area contributed by atoms with E-state index in [1.54, 1.807) is 12.1 Å². The van der Waals surface area contributed by atoms with Crippen molar-refractivity contribution in [1.29, 1.82) is 0 Å². The highest BCUT2D eigenvalue weighted by Gasteiger charge is 2.15. The highest BCUT2D eigenvalue weighted by Crippen LogP contribution is 2.27. The van der Waals surface area contributed by atoms with Crippen molar-refractivity contribution in [1.82, 2.24) is 15.7 Å². The van der Waals surface area contributed by atoms with Gasteiger partial charge in [-0.25, -0.2) is 14.8 Å². The number of nitrogen functional groups attached to an aromatic ring is 1. The van der Waals surface area contributed by atoms with Crippen LogP contribution in [0.4, 0.5) is 5.82 Å². The first kappa shape index (κ1) is 16.7. The molecule has 24 heavy (non-hydrogen) atoms. The molecule has 1 aromatic heterocycles. The lowest BCUT2D eigenvalue weighted by molar-refractivity contribution is -0.139. The van der Waals surface area contributed by atoms with Crippen LogP contribution in [0.15, 0.2) is 27.9 Å². The number of hydrazone groups is 1. The van der Waals surface area contributed by atoms with Gasteiger partial charge in [-0.2, -0.15) is 5.10 Å². The van der Waals surface area contributed by atoms with Crippen molar-refractivity contribution in [2.24, 2.45) is 5.10 Å². The average molecular weight is 335 g/mol. The number of anilines is 1. The fourth-order valence-corrected chi connectivity index (χ4v) is 1.59. The molecule has 0 aliphatic carbocycles. The van der Waals surface area contributed by atoms with E-state index in [9.17, 15) is 9.59 Å². The standard InChI is InChI=1S/C13H13N5O6/c1-22-9-4-7(2-3-8(9)23-6-10(19)20)5-15-16-13(21)11-12(14)18-24-17-11/h2-5H,6H2,1H3,(H2,14,18)(H,16,21)(H,19,20)/b15-5+. The molecule has 1 heterocycles. The topological polar surface area (TPSA) is 162 Å². The van der Waals surface area contributed by atoms with E-state index < -0.39 is 18.5 Å². The molecule has 0 saturated carbocycles. The van der Waals surface area contributed by atoms with Gasteiger partial charge in [-0.1, -0.05) is 0 Å². The molecule has 1 amide bonds. The number of aromatic nitrogens is 2. The molecule has 0 fully saturated rings. The normalized spacial score (nSPS) is 10.5. The van der Waals surface area contributed by atoms with Crippen LogP contribution in [0.1, 0.15) is 16.1 Å². The van der Waals surface area contributed by atoms with E-state index in [2.05, 4.69) is 25.5 Å². The second-order valence-corrected chi connectivity index (χ2v) is 4.29. The van der Waals surface area contributed by atoms with Gasteiger partial charge in [0.15, 0.2) is 18.1 Å². The molecular formula is C13H13N5O6. The molecule has 4 N–H and O–H groups in total. The van der Waals surface area contributed by atoms with Crippen LogP contribution in [-0.4, -0.2) is 47.2 Å². The van der Waals surface area contributed by atoms with Crippen molar-refractivity contribution < 1.29 is 28.8 Å². The zero-order valence-electron chi connectivity index (χ0n) is 12.4. The number of methoxy groups -OCH3 is 1. The quantitative estimate of drug-likeness (QED) is 0.462. The average Bonchev–Trinajstić information content (AvgIpc) is 2.99. The van der Waals surface area contributed by atoms with Crippen LogP contribution < -0.4 is 20.6 Å². The molecule has 11 nitrogen and oxygen atoms in total. The maximum atomic E-state index is 11.7. The van der Waals surface area contributed by atoms with Crippen molar-refractivity contribution >= 4 is 23.9 Å². The Morgan fingerprint density at radius 1 is 1.42 bits per heavy atom. The van der Waals surface area contributed by atoms with Gasteiger partial charge in [-0.15, -0.1) is 0 Å². The number of ether oxygens (including phenoxy) is 2. The minimum absolute atomic E-state index is 0.149. The summed E-state index contributed by atoms with van der Waals surface area (Å²) in [6.45, 7) is -0.493. The van der Waals surface area contributed by atoms with Crippen LogP contribution in [-0.2, 0) is 4.79 Å². The summed E-state index contributed by atoms with van der Waals surface area (Å²) in [7, 11) is 1.41. The van der Waals surface area contributed by atoms with Gasteiger partial charge in [0.2, 0.25) is 11.5 Å². The van der Waals surface area contributed by atoms with Crippen LogP contribution in [0.3, 0.4) is 0 Å². The minimum Gasteiger partial charge on any atom is -0.493 e. The number of carbonyl (C=O) groups is 2. The molecule has 11 heteroatoms. The van der Waals surface area contributed by atoms with E-state index in [1.165, 1.54) is 19.4 Å². The summed E-state index contributed by atoms with van der Waals surface area (Å²) in [5.74, 6) is -1.35. The molecule has 0 bridgehead atoms. The van der Waals surface area contributed by atoms with Crippen LogP contribution in [0.25, 0.3) is 0 Å². The third-order valence-electron chi connectivity index (χ3n) is 2.65. The fraction of sp³-hybridized carbons (Fsp3) is 0.154. The van der Waals surface area contributed by atoms with Gasteiger partial charge >= 0.3 is 5.97 Å². The Labute approximate surface area is 135 Å². The van der Waals surface area contributed by atoms with Crippen molar-refractivity contribution in [2.45, 2.75) is 0 Å². The van der Waals surface area contributed by atoms with E-state index in [4.69, 9.17) is 20.3 Å². The van der Waals surface area contributed by atoms with Crippen molar-refractivity contribution in [3.63, 3.8) is 0 Å². The molecule has 0 spiro atoms. The van der Waals surface area contributed by atoms with E-state index in [0.717, 1.165) is 0 Å². The molecule has 0 saturated heterocycles. The van der Waals surface area contributed by atoms with Crippen LogP contribution in [0, 0.1) is 0 Å². The second-order valence-electron chi connectivity index (χ2n) is 4.29. The Bertz CT molecular complexity index is 772. The van der Waals surface area contributed by atoms with E-state index >= 15 is 0 Å². The number of amides is 1. The lowest BCUT2D eigenvalue weighted by Gasteiger charge is -2.09. The summed E-state index contributed by atoms with van der Waals surface area (Å²) >= 11 is 0. The number of nitrogens with two attached hydrogens (primary N) is 1. The molecule has 0 unspecified atom stereocenters. The Hall–Kier alpha value is -3.63.